The monoisotopic (exact) mass is 454 g/mol. The number of nitrogens with zero attached hydrogens (tertiary/aromatic N) is 1. The average molecular weight is 455 g/mol. The molecule has 0 saturated heterocycles. The summed E-state index contributed by atoms with van der Waals surface area (Å²) in [5.41, 5.74) is -0.0948. The number of aromatic hydroxyl groups is 1. The lowest BCUT2D eigenvalue weighted by Gasteiger charge is -2.13. The number of rotatable bonds is 4. The number of hydrogen-bond acceptors (Lipinski definition) is 4. The van der Waals surface area contributed by atoms with Gasteiger partial charge >= 0.3 is 0 Å². The lowest BCUT2D eigenvalue weighted by molar-refractivity contribution is 0.102. The summed E-state index contributed by atoms with van der Waals surface area (Å²) in [6, 6.07) is 18.2. The molecule has 31 heavy (non-hydrogen) atoms. The van der Waals surface area contributed by atoms with Crippen molar-refractivity contribution >= 4 is 45.7 Å². The molecule has 1 amide bonds. The summed E-state index contributed by atoms with van der Waals surface area (Å²) in [6.45, 7) is 0. The number of ether oxygens (including phenoxy) is 1. The number of fused-ring (bicyclic) bond motifs is 1. The van der Waals surface area contributed by atoms with Crippen LogP contribution in [0.15, 0.2) is 71.5 Å². The minimum atomic E-state index is -0.744. The first-order valence-corrected chi connectivity index (χ1v) is 9.96. The third-order valence-electron chi connectivity index (χ3n) is 4.73. The first-order valence-electron chi connectivity index (χ1n) is 9.20. The maximum atomic E-state index is 12.8. The molecule has 3 aromatic carbocycles. The third-order valence-corrected chi connectivity index (χ3v) is 5.28. The van der Waals surface area contributed by atoms with Gasteiger partial charge in [-0.15, -0.1) is 0 Å². The molecular weight excluding hydrogens is 439 g/mol. The summed E-state index contributed by atoms with van der Waals surface area (Å²) >= 11 is 12.2. The Hall–Kier alpha value is -3.48. The fourth-order valence-electron chi connectivity index (χ4n) is 3.17. The largest absolute Gasteiger partial charge is 0.506 e. The number of halogens is 2. The Bertz CT molecular complexity index is 1360. The second-order valence-corrected chi connectivity index (χ2v) is 7.60. The Kier molecular flexibility index (Phi) is 5.59. The van der Waals surface area contributed by atoms with Gasteiger partial charge in [-0.3, -0.25) is 9.59 Å². The lowest BCUT2D eigenvalue weighted by Crippen LogP contribution is -2.28. The van der Waals surface area contributed by atoms with Crippen LogP contribution in [0.5, 0.6) is 17.2 Å². The van der Waals surface area contributed by atoms with Crippen molar-refractivity contribution in [2.45, 2.75) is 0 Å². The Morgan fingerprint density at radius 3 is 2.45 bits per heavy atom. The molecule has 0 bridgehead atoms. The van der Waals surface area contributed by atoms with Gasteiger partial charge in [-0.2, -0.15) is 0 Å². The molecule has 1 aromatic heterocycles. The molecule has 0 unspecified atom stereocenters. The van der Waals surface area contributed by atoms with Gasteiger partial charge in [-0.25, -0.2) is 0 Å². The number of carbonyl (C=O) groups excluding carboxylic acids is 1. The summed E-state index contributed by atoms with van der Waals surface area (Å²) in [5.74, 6) is -0.185. The molecule has 156 valence electrons. The zero-order valence-electron chi connectivity index (χ0n) is 16.2. The minimum Gasteiger partial charge on any atom is -0.506 e. The van der Waals surface area contributed by atoms with Crippen LogP contribution < -0.4 is 15.6 Å². The number of carbonyl (C=O) groups is 1. The van der Waals surface area contributed by atoms with Crippen molar-refractivity contribution in [2.75, 3.05) is 5.32 Å². The van der Waals surface area contributed by atoms with Crippen molar-refractivity contribution < 1.29 is 14.6 Å². The van der Waals surface area contributed by atoms with Crippen molar-refractivity contribution in [2.24, 2.45) is 7.05 Å². The zero-order valence-corrected chi connectivity index (χ0v) is 17.7. The van der Waals surface area contributed by atoms with E-state index >= 15 is 0 Å². The van der Waals surface area contributed by atoms with Crippen LogP contribution in [0.1, 0.15) is 10.4 Å². The number of amides is 1. The number of anilines is 1. The van der Waals surface area contributed by atoms with Gasteiger partial charge in [0.15, 0.2) is 0 Å². The summed E-state index contributed by atoms with van der Waals surface area (Å²) < 4.78 is 7.03. The number of aryl methyl sites for hydroxylation is 1. The van der Waals surface area contributed by atoms with Crippen molar-refractivity contribution in [3.8, 4) is 17.2 Å². The van der Waals surface area contributed by atoms with Crippen LogP contribution in [0.2, 0.25) is 10.0 Å². The Morgan fingerprint density at radius 2 is 1.74 bits per heavy atom. The van der Waals surface area contributed by atoms with Crippen LogP contribution in [-0.2, 0) is 7.05 Å². The predicted molar refractivity (Wildman–Crippen MR) is 122 cm³/mol. The van der Waals surface area contributed by atoms with Gasteiger partial charge in [-0.05, 0) is 54.6 Å². The van der Waals surface area contributed by atoms with E-state index in [1.807, 2.05) is 0 Å². The molecule has 0 aliphatic heterocycles. The normalized spacial score (nSPS) is 10.8. The number of hydrogen-bond donors (Lipinski definition) is 2. The standard InChI is InChI=1S/C23H16Cl2N2O4/c1-27-18-5-3-2-4-16(18)21(28)20(23(27)30)22(29)26-14-8-11-19(17(25)12-14)31-15-9-6-13(24)7-10-15/h2-12,28H,1H3,(H,26,29). The molecule has 0 saturated carbocycles. The molecule has 4 aromatic rings. The van der Waals surface area contributed by atoms with Gasteiger partial charge in [0.05, 0.1) is 10.5 Å². The van der Waals surface area contributed by atoms with E-state index < -0.39 is 11.5 Å². The fraction of sp³-hybridized carbons (Fsp3) is 0.0435. The van der Waals surface area contributed by atoms with E-state index in [0.717, 1.165) is 0 Å². The van der Waals surface area contributed by atoms with Crippen molar-refractivity contribution in [1.29, 1.82) is 0 Å². The highest BCUT2D eigenvalue weighted by Crippen LogP contribution is 2.33. The van der Waals surface area contributed by atoms with E-state index in [-0.39, 0.29) is 16.3 Å². The number of para-hydroxylation sites is 1. The number of benzene rings is 3. The topological polar surface area (TPSA) is 80.6 Å². The minimum absolute atomic E-state index is 0.253. The molecule has 0 atom stereocenters. The van der Waals surface area contributed by atoms with Gasteiger partial charge < -0.3 is 19.7 Å². The van der Waals surface area contributed by atoms with E-state index in [1.54, 1.807) is 67.7 Å². The van der Waals surface area contributed by atoms with E-state index in [2.05, 4.69) is 5.32 Å². The highest BCUT2D eigenvalue weighted by Gasteiger charge is 2.21. The Balaban J connectivity index is 1.61. The summed E-state index contributed by atoms with van der Waals surface area (Å²) in [7, 11) is 1.54. The molecule has 0 aliphatic carbocycles. The quantitative estimate of drug-likeness (QED) is 0.420. The SMILES string of the molecule is Cn1c(=O)c(C(=O)Nc2ccc(Oc3ccc(Cl)cc3)c(Cl)c2)c(O)c2ccccc21. The highest BCUT2D eigenvalue weighted by molar-refractivity contribution is 6.32. The second kappa shape index (κ2) is 8.34. The molecule has 0 spiro atoms. The lowest BCUT2D eigenvalue weighted by atomic mass is 10.1. The Labute approximate surface area is 187 Å². The van der Waals surface area contributed by atoms with Gasteiger partial charge in [0.1, 0.15) is 22.8 Å². The fourth-order valence-corrected chi connectivity index (χ4v) is 3.51. The smallest absolute Gasteiger partial charge is 0.267 e. The molecule has 0 fully saturated rings. The Morgan fingerprint density at radius 1 is 1.03 bits per heavy atom. The van der Waals surface area contributed by atoms with E-state index in [0.29, 0.717) is 33.1 Å². The first-order chi connectivity index (χ1) is 14.8. The number of aromatic nitrogens is 1. The van der Waals surface area contributed by atoms with Gasteiger partial charge in [0.25, 0.3) is 11.5 Å². The first kappa shape index (κ1) is 20.8. The third kappa shape index (κ3) is 4.08. The van der Waals surface area contributed by atoms with Crippen molar-refractivity contribution in [1.82, 2.24) is 4.57 Å². The van der Waals surface area contributed by atoms with Crippen molar-refractivity contribution in [3.05, 3.63) is 92.7 Å². The molecule has 4 rings (SSSR count). The molecule has 2 N–H and O–H groups in total. The second-order valence-electron chi connectivity index (χ2n) is 6.76. The number of pyridine rings is 1. The number of nitrogens with one attached hydrogen (secondary N) is 1. The van der Waals surface area contributed by atoms with E-state index in [4.69, 9.17) is 27.9 Å². The molecular formula is C23H16Cl2N2O4. The summed E-state index contributed by atoms with van der Waals surface area (Å²) in [4.78, 5) is 25.5. The molecule has 6 nitrogen and oxygen atoms in total. The molecule has 0 radical (unpaired) electrons. The van der Waals surface area contributed by atoms with Crippen LogP contribution in [0.25, 0.3) is 10.9 Å². The summed E-state index contributed by atoms with van der Waals surface area (Å²) in [5, 5.41) is 14.4. The average Bonchev–Trinajstić information content (AvgIpc) is 2.76. The van der Waals surface area contributed by atoms with Crippen LogP contribution in [-0.4, -0.2) is 15.6 Å². The van der Waals surface area contributed by atoms with Crippen LogP contribution in [0.3, 0.4) is 0 Å². The van der Waals surface area contributed by atoms with Crippen molar-refractivity contribution in [3.63, 3.8) is 0 Å². The zero-order chi connectivity index (χ0) is 22.1. The van der Waals surface area contributed by atoms with Gasteiger partial charge in [-0.1, -0.05) is 35.3 Å². The van der Waals surface area contributed by atoms with Gasteiger partial charge in [0, 0.05) is 23.1 Å². The molecule has 1 heterocycles. The van der Waals surface area contributed by atoms with Crippen LogP contribution in [0, 0.1) is 0 Å². The maximum absolute atomic E-state index is 12.8. The maximum Gasteiger partial charge on any atom is 0.267 e. The summed E-state index contributed by atoms with van der Waals surface area (Å²) in [6.07, 6.45) is 0. The highest BCUT2D eigenvalue weighted by atomic mass is 35.5. The van der Waals surface area contributed by atoms with E-state index in [9.17, 15) is 14.7 Å². The van der Waals surface area contributed by atoms with Crippen LogP contribution in [0.4, 0.5) is 5.69 Å². The van der Waals surface area contributed by atoms with Gasteiger partial charge in [0.2, 0.25) is 0 Å². The molecule has 8 heteroatoms. The predicted octanol–water partition coefficient (Wildman–Crippen LogP) is 5.60. The van der Waals surface area contributed by atoms with Crippen LogP contribution >= 0.6 is 23.2 Å². The van der Waals surface area contributed by atoms with E-state index in [1.165, 1.54) is 10.6 Å². The molecule has 0 aliphatic rings.